The van der Waals surface area contributed by atoms with E-state index in [1.54, 1.807) is 37.3 Å². The van der Waals surface area contributed by atoms with Crippen molar-refractivity contribution in [2.24, 2.45) is 0 Å². The van der Waals surface area contributed by atoms with Crippen LogP contribution in [0.4, 0.5) is 0 Å². The maximum atomic E-state index is 12.5. The van der Waals surface area contributed by atoms with Crippen molar-refractivity contribution in [1.29, 1.82) is 0 Å². The van der Waals surface area contributed by atoms with E-state index in [1.165, 1.54) is 6.08 Å². The van der Waals surface area contributed by atoms with Crippen LogP contribution in [0.15, 0.2) is 60.9 Å². The smallest absolute Gasteiger partial charge is 0.185 e. The first kappa shape index (κ1) is 19.3. The molecular formula is C22H24O4. The number of allylic oxidation sites excluding steroid dienone is 2. The summed E-state index contributed by atoms with van der Waals surface area (Å²) in [6, 6.07) is 12.5. The Hall–Kier alpha value is -3.01. The molecule has 0 heterocycles. The molecule has 136 valence electrons. The molecule has 0 N–H and O–H groups in total. The Balaban J connectivity index is 2.22. The van der Waals surface area contributed by atoms with E-state index in [0.717, 1.165) is 5.56 Å². The van der Waals surface area contributed by atoms with Crippen molar-refractivity contribution in [3.8, 4) is 17.2 Å². The zero-order valence-electron chi connectivity index (χ0n) is 15.5. The van der Waals surface area contributed by atoms with Crippen LogP contribution >= 0.6 is 0 Å². The zero-order chi connectivity index (χ0) is 18.9. The Morgan fingerprint density at radius 1 is 1.00 bits per heavy atom. The van der Waals surface area contributed by atoms with Crippen molar-refractivity contribution < 1.29 is 19.0 Å². The second kappa shape index (κ2) is 9.47. The molecule has 0 aliphatic heterocycles. The summed E-state index contributed by atoms with van der Waals surface area (Å²) >= 11 is 0. The van der Waals surface area contributed by atoms with Crippen molar-refractivity contribution >= 4 is 11.9 Å². The van der Waals surface area contributed by atoms with Gasteiger partial charge in [0, 0.05) is 5.56 Å². The van der Waals surface area contributed by atoms with Crippen molar-refractivity contribution in [2.45, 2.75) is 20.8 Å². The second-order valence-corrected chi connectivity index (χ2v) is 5.56. The molecular weight excluding hydrogens is 328 g/mol. The SMILES string of the molecule is C=C(C)Oc1ccc(C(=O)C=Cc2c(OCC)cccc2OCC)cc1. The number of carbonyl (C=O) groups is 1. The first-order valence-electron chi connectivity index (χ1n) is 8.59. The largest absolute Gasteiger partial charge is 0.493 e. The molecule has 2 aromatic carbocycles. The van der Waals surface area contributed by atoms with Crippen LogP contribution in [0.1, 0.15) is 36.7 Å². The van der Waals surface area contributed by atoms with E-state index in [4.69, 9.17) is 14.2 Å². The van der Waals surface area contributed by atoms with Crippen molar-refractivity contribution in [1.82, 2.24) is 0 Å². The fraction of sp³-hybridized carbons (Fsp3) is 0.227. The summed E-state index contributed by atoms with van der Waals surface area (Å²) in [6.07, 6.45) is 3.26. The van der Waals surface area contributed by atoms with E-state index in [0.29, 0.717) is 41.8 Å². The van der Waals surface area contributed by atoms with Crippen LogP contribution < -0.4 is 14.2 Å². The molecule has 0 amide bonds. The molecule has 0 saturated heterocycles. The van der Waals surface area contributed by atoms with Crippen LogP contribution in [0.5, 0.6) is 17.2 Å². The van der Waals surface area contributed by atoms with Gasteiger partial charge in [0.1, 0.15) is 17.2 Å². The molecule has 0 spiro atoms. The third-order valence-electron chi connectivity index (χ3n) is 3.46. The minimum absolute atomic E-state index is 0.111. The Bertz CT molecular complexity index is 764. The van der Waals surface area contributed by atoms with E-state index in [9.17, 15) is 4.79 Å². The van der Waals surface area contributed by atoms with Crippen LogP contribution in [0.25, 0.3) is 6.08 Å². The zero-order valence-corrected chi connectivity index (χ0v) is 15.5. The number of rotatable bonds is 9. The molecule has 0 aliphatic rings. The number of hydrogen-bond acceptors (Lipinski definition) is 4. The summed E-state index contributed by atoms with van der Waals surface area (Å²) in [4.78, 5) is 12.5. The summed E-state index contributed by atoms with van der Waals surface area (Å²) in [5, 5.41) is 0. The normalized spacial score (nSPS) is 10.6. The van der Waals surface area contributed by atoms with Gasteiger partial charge in [-0.2, -0.15) is 0 Å². The van der Waals surface area contributed by atoms with E-state index in [1.807, 2.05) is 32.0 Å². The summed E-state index contributed by atoms with van der Waals surface area (Å²) in [5.74, 6) is 2.51. The predicted molar refractivity (Wildman–Crippen MR) is 104 cm³/mol. The molecule has 0 bridgehead atoms. The standard InChI is InChI=1S/C22H24O4/c1-5-24-21-8-7-9-22(25-6-2)19(21)14-15-20(23)17-10-12-18(13-11-17)26-16(3)4/h7-15H,3,5-6H2,1-2,4H3. The van der Waals surface area contributed by atoms with E-state index >= 15 is 0 Å². The van der Waals surface area contributed by atoms with Gasteiger partial charge in [0.2, 0.25) is 0 Å². The van der Waals surface area contributed by atoms with Crippen LogP contribution in [0.3, 0.4) is 0 Å². The Morgan fingerprint density at radius 2 is 1.58 bits per heavy atom. The summed E-state index contributed by atoms with van der Waals surface area (Å²) < 4.78 is 16.7. The molecule has 0 aliphatic carbocycles. The lowest BCUT2D eigenvalue weighted by Gasteiger charge is -2.12. The van der Waals surface area contributed by atoms with Crippen molar-refractivity contribution in [2.75, 3.05) is 13.2 Å². The third-order valence-corrected chi connectivity index (χ3v) is 3.46. The number of hydrogen-bond donors (Lipinski definition) is 0. The molecule has 0 aromatic heterocycles. The topological polar surface area (TPSA) is 44.8 Å². The summed E-state index contributed by atoms with van der Waals surface area (Å²) in [5.41, 5.74) is 1.33. The average molecular weight is 352 g/mol. The van der Waals surface area contributed by atoms with Gasteiger partial charge in [0.25, 0.3) is 0 Å². The number of benzene rings is 2. The fourth-order valence-corrected chi connectivity index (χ4v) is 2.39. The lowest BCUT2D eigenvalue weighted by molar-refractivity contribution is 0.104. The van der Waals surface area contributed by atoms with E-state index < -0.39 is 0 Å². The molecule has 2 aromatic rings. The van der Waals surface area contributed by atoms with Gasteiger partial charge in [-0.05, 0) is 69.3 Å². The van der Waals surface area contributed by atoms with Gasteiger partial charge in [-0.1, -0.05) is 12.6 Å². The van der Waals surface area contributed by atoms with Crippen LogP contribution in [0, 0.1) is 0 Å². The molecule has 26 heavy (non-hydrogen) atoms. The highest BCUT2D eigenvalue weighted by Crippen LogP contribution is 2.30. The van der Waals surface area contributed by atoms with Crippen LogP contribution in [-0.2, 0) is 0 Å². The molecule has 2 rings (SSSR count). The Kier molecular flexibility index (Phi) is 7.03. The first-order valence-corrected chi connectivity index (χ1v) is 8.59. The average Bonchev–Trinajstić information content (AvgIpc) is 2.61. The van der Waals surface area contributed by atoms with Gasteiger partial charge in [-0.25, -0.2) is 0 Å². The lowest BCUT2D eigenvalue weighted by atomic mass is 10.1. The molecule has 0 saturated carbocycles. The fourth-order valence-electron chi connectivity index (χ4n) is 2.39. The predicted octanol–water partition coefficient (Wildman–Crippen LogP) is 5.29. The van der Waals surface area contributed by atoms with Crippen molar-refractivity contribution in [3.05, 3.63) is 72.0 Å². The molecule has 4 heteroatoms. The second-order valence-electron chi connectivity index (χ2n) is 5.56. The van der Waals surface area contributed by atoms with Crippen LogP contribution in [0.2, 0.25) is 0 Å². The monoisotopic (exact) mass is 352 g/mol. The highest BCUT2D eigenvalue weighted by Gasteiger charge is 2.09. The van der Waals surface area contributed by atoms with Gasteiger partial charge < -0.3 is 14.2 Å². The number of ether oxygens (including phenoxy) is 3. The highest BCUT2D eigenvalue weighted by atomic mass is 16.5. The Morgan fingerprint density at radius 3 is 2.08 bits per heavy atom. The van der Waals surface area contributed by atoms with Gasteiger partial charge >= 0.3 is 0 Å². The van der Waals surface area contributed by atoms with Gasteiger partial charge in [-0.3, -0.25) is 4.79 Å². The Labute approximate surface area is 154 Å². The maximum Gasteiger partial charge on any atom is 0.185 e. The molecule has 0 unspecified atom stereocenters. The van der Waals surface area contributed by atoms with Crippen molar-refractivity contribution in [3.63, 3.8) is 0 Å². The third kappa shape index (κ3) is 5.24. The maximum absolute atomic E-state index is 12.5. The highest BCUT2D eigenvalue weighted by molar-refractivity contribution is 6.07. The first-order chi connectivity index (χ1) is 12.5. The van der Waals surface area contributed by atoms with E-state index in [-0.39, 0.29) is 5.78 Å². The summed E-state index contributed by atoms with van der Waals surface area (Å²) in [7, 11) is 0. The van der Waals surface area contributed by atoms with E-state index in [2.05, 4.69) is 6.58 Å². The minimum atomic E-state index is -0.111. The molecule has 0 radical (unpaired) electrons. The van der Waals surface area contributed by atoms with Gasteiger partial charge in [0.05, 0.1) is 24.5 Å². The van der Waals surface area contributed by atoms with Gasteiger partial charge in [-0.15, -0.1) is 0 Å². The minimum Gasteiger partial charge on any atom is -0.493 e. The summed E-state index contributed by atoms with van der Waals surface area (Å²) in [6.45, 7) is 10.4. The van der Waals surface area contributed by atoms with Gasteiger partial charge in [0.15, 0.2) is 5.78 Å². The number of carbonyl (C=O) groups excluding carboxylic acids is 1. The lowest BCUT2D eigenvalue weighted by Crippen LogP contribution is -1.99. The molecule has 0 atom stereocenters. The number of ketones is 1. The van der Waals surface area contributed by atoms with Crippen LogP contribution in [-0.4, -0.2) is 19.0 Å². The quantitative estimate of drug-likeness (QED) is 0.349. The molecule has 4 nitrogen and oxygen atoms in total. The molecule has 0 fully saturated rings.